The van der Waals surface area contributed by atoms with Crippen LogP contribution in [0.25, 0.3) is 16.4 Å². The van der Waals surface area contributed by atoms with Crippen LogP contribution in [0.15, 0.2) is 61.7 Å². The van der Waals surface area contributed by atoms with E-state index in [4.69, 9.17) is 4.74 Å². The molecule has 0 unspecified atom stereocenters. The molecule has 0 aliphatic heterocycles. The minimum absolute atomic E-state index is 0.226. The Kier molecular flexibility index (Phi) is 5.23. The van der Waals surface area contributed by atoms with Gasteiger partial charge in [-0.15, -0.1) is 21.5 Å². The van der Waals surface area contributed by atoms with Gasteiger partial charge in [0.15, 0.2) is 20.0 Å². The van der Waals surface area contributed by atoms with Crippen molar-refractivity contribution in [2.24, 2.45) is 0 Å². The molecule has 3 aromatic heterocycles. The molecule has 28 heavy (non-hydrogen) atoms. The van der Waals surface area contributed by atoms with Gasteiger partial charge >= 0.3 is 0 Å². The van der Waals surface area contributed by atoms with Crippen LogP contribution in [0.5, 0.6) is 5.75 Å². The molecule has 1 aromatic carbocycles. The lowest BCUT2D eigenvalue weighted by Crippen LogP contribution is -1.98. The Bertz CT molecular complexity index is 1200. The number of hydrogen-bond donors (Lipinski definition) is 0. The van der Waals surface area contributed by atoms with Crippen LogP contribution in [0.1, 0.15) is 0 Å². The summed E-state index contributed by atoms with van der Waals surface area (Å²) in [6, 6.07) is 11.5. The number of thiophene rings is 1. The van der Waals surface area contributed by atoms with E-state index in [0.717, 1.165) is 27.7 Å². The fourth-order valence-corrected chi connectivity index (χ4v) is 6.02. The summed E-state index contributed by atoms with van der Waals surface area (Å²) in [7, 11) is -1.67. The Morgan fingerprint density at radius 2 is 1.93 bits per heavy atom. The normalized spacial score (nSPS) is 11.6. The molecule has 0 saturated carbocycles. The van der Waals surface area contributed by atoms with Crippen molar-refractivity contribution >= 4 is 44.3 Å². The monoisotopic (exact) mass is 450 g/mol. The fourth-order valence-electron chi connectivity index (χ4n) is 2.41. The van der Waals surface area contributed by atoms with Gasteiger partial charge in [-0.3, -0.25) is 4.57 Å². The van der Waals surface area contributed by atoms with E-state index in [9.17, 15) is 8.42 Å². The molecule has 144 valence electrons. The van der Waals surface area contributed by atoms with E-state index < -0.39 is 9.84 Å². The SMILES string of the molecule is COc1ccc(-n2c(Sc3ncc(S(C)(=O)=O)s3)nnc2-c2cccs2)cc1. The molecule has 4 aromatic rings. The molecule has 4 rings (SSSR count). The third-order valence-electron chi connectivity index (χ3n) is 3.71. The van der Waals surface area contributed by atoms with Crippen molar-refractivity contribution in [1.82, 2.24) is 19.7 Å². The number of ether oxygens (including phenoxy) is 1. The number of methoxy groups -OCH3 is 1. The third kappa shape index (κ3) is 3.83. The summed E-state index contributed by atoms with van der Waals surface area (Å²) in [5, 5.41) is 11.3. The van der Waals surface area contributed by atoms with Gasteiger partial charge in [0.1, 0.15) is 9.96 Å². The van der Waals surface area contributed by atoms with E-state index in [-0.39, 0.29) is 4.21 Å². The Balaban J connectivity index is 1.78. The van der Waals surface area contributed by atoms with E-state index >= 15 is 0 Å². The summed E-state index contributed by atoms with van der Waals surface area (Å²) in [5.41, 5.74) is 0.872. The Morgan fingerprint density at radius 3 is 2.54 bits per heavy atom. The second kappa shape index (κ2) is 7.66. The largest absolute Gasteiger partial charge is 0.497 e. The predicted molar refractivity (Wildman–Crippen MR) is 111 cm³/mol. The first-order valence-electron chi connectivity index (χ1n) is 7.93. The first-order valence-corrected chi connectivity index (χ1v) is 12.3. The second-order valence-corrected chi connectivity index (χ2v) is 11.1. The van der Waals surface area contributed by atoms with Gasteiger partial charge in [-0.2, -0.15) is 0 Å². The molecule has 0 spiro atoms. The Hall–Kier alpha value is -2.21. The minimum atomic E-state index is -3.29. The predicted octanol–water partition coefficient (Wildman–Crippen LogP) is 4.02. The maximum atomic E-state index is 11.7. The van der Waals surface area contributed by atoms with Gasteiger partial charge in [0.25, 0.3) is 0 Å². The summed E-state index contributed by atoms with van der Waals surface area (Å²) in [6.07, 6.45) is 2.54. The fraction of sp³-hybridized carbons (Fsp3) is 0.118. The molecular weight excluding hydrogens is 436 g/mol. The van der Waals surface area contributed by atoms with Gasteiger partial charge in [-0.1, -0.05) is 17.4 Å². The Labute approximate surface area is 174 Å². The molecule has 0 N–H and O–H groups in total. The van der Waals surface area contributed by atoms with Gasteiger partial charge in [0.2, 0.25) is 5.16 Å². The number of nitrogens with zero attached hydrogens (tertiary/aromatic N) is 4. The zero-order valence-electron chi connectivity index (χ0n) is 14.8. The molecule has 7 nitrogen and oxygen atoms in total. The smallest absolute Gasteiger partial charge is 0.203 e. The lowest BCUT2D eigenvalue weighted by molar-refractivity contribution is 0.414. The van der Waals surface area contributed by atoms with Crippen LogP contribution in [0, 0.1) is 0 Å². The van der Waals surface area contributed by atoms with Crippen molar-refractivity contribution in [1.29, 1.82) is 0 Å². The average Bonchev–Trinajstić information content (AvgIpc) is 3.42. The maximum Gasteiger partial charge on any atom is 0.203 e. The molecule has 0 bridgehead atoms. The molecule has 0 atom stereocenters. The zero-order valence-corrected chi connectivity index (χ0v) is 18.0. The lowest BCUT2D eigenvalue weighted by atomic mass is 10.3. The average molecular weight is 451 g/mol. The first-order chi connectivity index (χ1) is 13.5. The van der Waals surface area contributed by atoms with E-state index in [1.54, 1.807) is 18.4 Å². The Morgan fingerprint density at radius 1 is 1.14 bits per heavy atom. The zero-order chi connectivity index (χ0) is 19.7. The second-order valence-electron chi connectivity index (χ2n) is 5.64. The van der Waals surface area contributed by atoms with E-state index in [1.165, 1.54) is 24.2 Å². The number of benzene rings is 1. The number of hydrogen-bond acceptors (Lipinski definition) is 9. The highest BCUT2D eigenvalue weighted by Crippen LogP contribution is 2.36. The highest BCUT2D eigenvalue weighted by molar-refractivity contribution is 8.01. The molecular formula is C17H14N4O3S4. The summed E-state index contributed by atoms with van der Waals surface area (Å²) < 4.78 is 31.4. The maximum absolute atomic E-state index is 11.7. The van der Waals surface area contributed by atoms with Crippen molar-refractivity contribution < 1.29 is 13.2 Å². The molecule has 3 heterocycles. The summed E-state index contributed by atoms with van der Waals surface area (Å²) in [6.45, 7) is 0. The summed E-state index contributed by atoms with van der Waals surface area (Å²) in [4.78, 5) is 5.19. The van der Waals surface area contributed by atoms with Crippen molar-refractivity contribution in [3.63, 3.8) is 0 Å². The van der Waals surface area contributed by atoms with Crippen LogP contribution < -0.4 is 4.74 Å². The number of thiazole rings is 1. The highest BCUT2D eigenvalue weighted by Gasteiger charge is 2.20. The van der Waals surface area contributed by atoms with Crippen LogP contribution in [0.3, 0.4) is 0 Å². The van der Waals surface area contributed by atoms with Gasteiger partial charge in [-0.05, 0) is 47.5 Å². The molecule has 0 aliphatic carbocycles. The van der Waals surface area contributed by atoms with Gasteiger partial charge in [-0.25, -0.2) is 13.4 Å². The van der Waals surface area contributed by atoms with Gasteiger partial charge < -0.3 is 4.74 Å². The quantitative estimate of drug-likeness (QED) is 0.438. The number of sulfone groups is 1. The van der Waals surface area contributed by atoms with Crippen molar-refractivity contribution in [3.05, 3.63) is 48.0 Å². The highest BCUT2D eigenvalue weighted by atomic mass is 32.2. The summed E-state index contributed by atoms with van der Waals surface area (Å²) >= 11 is 3.97. The van der Waals surface area contributed by atoms with Crippen molar-refractivity contribution in [2.45, 2.75) is 13.7 Å². The van der Waals surface area contributed by atoms with Crippen LogP contribution >= 0.6 is 34.4 Å². The molecule has 0 radical (unpaired) electrons. The van der Waals surface area contributed by atoms with E-state index in [1.807, 2.05) is 46.3 Å². The lowest BCUT2D eigenvalue weighted by Gasteiger charge is -2.09. The molecule has 0 fully saturated rings. The molecule has 0 saturated heterocycles. The number of aromatic nitrogens is 4. The van der Waals surface area contributed by atoms with Crippen molar-refractivity contribution in [2.75, 3.05) is 13.4 Å². The van der Waals surface area contributed by atoms with Crippen LogP contribution in [-0.2, 0) is 9.84 Å². The summed E-state index contributed by atoms with van der Waals surface area (Å²) in [5.74, 6) is 1.46. The minimum Gasteiger partial charge on any atom is -0.497 e. The topological polar surface area (TPSA) is 87.0 Å². The number of rotatable bonds is 6. The molecule has 0 aliphatic rings. The third-order valence-corrected chi connectivity index (χ3v) is 8.39. The van der Waals surface area contributed by atoms with E-state index in [2.05, 4.69) is 15.2 Å². The molecule has 0 amide bonds. The van der Waals surface area contributed by atoms with Crippen LogP contribution in [-0.4, -0.2) is 41.5 Å². The van der Waals surface area contributed by atoms with Gasteiger partial charge in [0.05, 0.1) is 23.9 Å². The van der Waals surface area contributed by atoms with Crippen LogP contribution in [0.2, 0.25) is 0 Å². The first kappa shape index (κ1) is 19.1. The standard InChI is InChI=1S/C17H14N4O3S4/c1-24-12-7-5-11(6-8-12)21-15(13-4-3-9-25-13)19-20-16(21)27-17-18-10-14(26-17)28(2,22)23/h3-10H,1-2H3. The van der Waals surface area contributed by atoms with Crippen LogP contribution in [0.4, 0.5) is 0 Å². The van der Waals surface area contributed by atoms with Crippen molar-refractivity contribution in [3.8, 4) is 22.1 Å². The van der Waals surface area contributed by atoms with Gasteiger partial charge in [0, 0.05) is 6.26 Å². The van der Waals surface area contributed by atoms with E-state index in [0.29, 0.717) is 15.3 Å². The molecule has 11 heteroatoms.